The van der Waals surface area contributed by atoms with Crippen LogP contribution in [-0.4, -0.2) is 244 Å². The van der Waals surface area contributed by atoms with E-state index in [1.54, 1.807) is 99.6 Å². The van der Waals surface area contributed by atoms with Crippen LogP contribution in [0.15, 0.2) is 65.7 Å². The lowest BCUT2D eigenvalue weighted by Crippen LogP contribution is -2.64. The van der Waals surface area contributed by atoms with E-state index in [1.807, 2.05) is 10.6 Å². The summed E-state index contributed by atoms with van der Waals surface area (Å²) in [4.78, 5) is 199. The second-order valence-electron chi connectivity index (χ2n) is 28.6. The molecule has 111 heavy (non-hydrogen) atoms. The molecule has 1 aliphatic rings. The number of alkyl carbamates (subject to hydrolysis) is 1. The Hall–Kier alpha value is -10.4. The number of nitrogens with one attached hydrogen (secondary N) is 11. The number of amides is 12. The Bertz CT molecular complexity index is 3490. The molecule has 0 bridgehead atoms. The van der Waals surface area contributed by atoms with Crippen molar-refractivity contribution < 1.29 is 125 Å². The van der Waals surface area contributed by atoms with Crippen LogP contribution in [0.4, 0.5) is 18.0 Å². The normalized spacial score (nSPS) is 22.3. The molecule has 0 saturated carbocycles. The number of aliphatic carboxylic acids is 1. The van der Waals surface area contributed by atoms with Gasteiger partial charge in [0.15, 0.2) is 24.2 Å². The van der Waals surface area contributed by atoms with Crippen LogP contribution in [-0.2, 0) is 87.9 Å². The average molecular weight is 1580 g/mol. The first-order chi connectivity index (χ1) is 51.5. The van der Waals surface area contributed by atoms with Gasteiger partial charge in [0.25, 0.3) is 0 Å². The second kappa shape index (κ2) is 45.7. The minimum Gasteiger partial charge on any atom is -0.475 e. The summed E-state index contributed by atoms with van der Waals surface area (Å²) >= 11 is 0. The lowest BCUT2D eigenvalue weighted by atomic mass is 9.95. The number of hydrogen-bond acceptors (Lipinski definition) is 23. The minimum atomic E-state index is -5.08. The number of rotatable bonds is 26. The monoisotopic (exact) mass is 1580 g/mol. The van der Waals surface area contributed by atoms with Crippen molar-refractivity contribution in [3.05, 3.63) is 71.8 Å². The first-order valence-corrected chi connectivity index (χ1v) is 35.3. The van der Waals surface area contributed by atoms with Crippen molar-refractivity contribution >= 4 is 89.0 Å². The van der Waals surface area contributed by atoms with Gasteiger partial charge < -0.3 is 120 Å². The number of halogens is 3. The molecule has 2 aromatic carbocycles. The van der Waals surface area contributed by atoms with Crippen LogP contribution < -0.4 is 75.7 Å². The maximum absolute atomic E-state index is 15.7. The zero-order valence-corrected chi connectivity index (χ0v) is 64.1. The topological polar surface area (TPSA) is 600 Å². The molecule has 1 fully saturated rings. The fourth-order valence-corrected chi connectivity index (χ4v) is 9.86. The van der Waals surface area contributed by atoms with E-state index in [0.717, 1.165) is 6.92 Å². The van der Waals surface area contributed by atoms with Crippen molar-refractivity contribution in [1.82, 2.24) is 58.5 Å². The maximum atomic E-state index is 15.7. The van der Waals surface area contributed by atoms with Crippen molar-refractivity contribution in [3.8, 4) is 0 Å². The van der Waals surface area contributed by atoms with Gasteiger partial charge in [0, 0.05) is 6.54 Å². The van der Waals surface area contributed by atoms with Crippen molar-refractivity contribution in [2.45, 2.75) is 225 Å². The summed E-state index contributed by atoms with van der Waals surface area (Å²) < 4.78 is 55.1. The predicted molar refractivity (Wildman–Crippen MR) is 388 cm³/mol. The van der Waals surface area contributed by atoms with Gasteiger partial charge in [-0.15, -0.1) is 0 Å². The number of carbonyl (C=O) groups is 14. The number of carbonyl (C=O) groups excluding carboxylic acids is 13. The van der Waals surface area contributed by atoms with Crippen LogP contribution >= 0.6 is 0 Å². The van der Waals surface area contributed by atoms with Gasteiger partial charge in [-0.2, -0.15) is 13.2 Å². The molecule has 622 valence electrons. The van der Waals surface area contributed by atoms with Crippen LogP contribution in [0.2, 0.25) is 0 Å². The molecule has 38 nitrogen and oxygen atoms in total. The molecule has 1 saturated heterocycles. The summed E-state index contributed by atoms with van der Waals surface area (Å²) in [6.07, 6.45) is -14.8. The van der Waals surface area contributed by atoms with E-state index >= 15 is 14.4 Å². The number of aliphatic hydroxyl groups is 4. The zero-order chi connectivity index (χ0) is 84.6. The van der Waals surface area contributed by atoms with Gasteiger partial charge in [0.1, 0.15) is 61.0 Å². The lowest BCUT2D eigenvalue weighted by Gasteiger charge is -2.34. The Morgan fingerprint density at radius 2 is 1.13 bits per heavy atom. The van der Waals surface area contributed by atoms with Gasteiger partial charge in [0.05, 0.1) is 49.8 Å². The van der Waals surface area contributed by atoms with Gasteiger partial charge in [-0.25, -0.2) is 14.4 Å². The molecule has 1 aliphatic heterocycles. The molecule has 0 aliphatic carbocycles. The number of guanidine groups is 1. The number of hydrogen-bond donors (Lipinski definition) is 19. The molecular weight excluding hydrogens is 1480 g/mol. The summed E-state index contributed by atoms with van der Waals surface area (Å²) in [6, 6.07) is -3.94. The molecular formula is C70H108F3N15O23. The number of alkyl halides is 3. The summed E-state index contributed by atoms with van der Waals surface area (Å²) in [7, 11) is 0. The fraction of sp³-hybridized carbons (Fsp3) is 0.614. The molecule has 22 N–H and O–H groups in total. The minimum absolute atomic E-state index is 0.0155. The number of primary amides is 1. The van der Waals surface area contributed by atoms with E-state index in [1.165, 1.54) is 44.2 Å². The fourth-order valence-electron chi connectivity index (χ4n) is 9.86. The second-order valence-corrected chi connectivity index (χ2v) is 28.6. The van der Waals surface area contributed by atoms with Crippen LogP contribution in [0.5, 0.6) is 0 Å². The summed E-state index contributed by atoms with van der Waals surface area (Å²) in [6.45, 7) is 16.3. The van der Waals surface area contributed by atoms with Crippen molar-refractivity contribution in [3.63, 3.8) is 0 Å². The van der Waals surface area contributed by atoms with E-state index in [2.05, 4.69) is 52.8 Å². The Balaban J connectivity index is 0.00000567. The lowest BCUT2D eigenvalue weighted by molar-refractivity contribution is -0.192. The van der Waals surface area contributed by atoms with E-state index in [-0.39, 0.29) is 50.4 Å². The Morgan fingerprint density at radius 1 is 0.631 bits per heavy atom. The highest BCUT2D eigenvalue weighted by molar-refractivity contribution is 6.00. The smallest absolute Gasteiger partial charge is 0.475 e. The zero-order valence-electron chi connectivity index (χ0n) is 64.1. The quantitative estimate of drug-likeness (QED) is 0.0190. The van der Waals surface area contributed by atoms with Crippen LogP contribution in [0.1, 0.15) is 133 Å². The molecule has 0 aromatic heterocycles. The number of aliphatic hydroxyl groups excluding tert-OH is 4. The molecule has 15 atom stereocenters. The molecule has 1 heterocycles. The van der Waals surface area contributed by atoms with Gasteiger partial charge in [-0.3, -0.25) is 57.7 Å². The highest BCUT2D eigenvalue weighted by Crippen LogP contribution is 2.25. The predicted octanol–water partition coefficient (Wildman–Crippen LogP) is -3.30. The molecule has 0 spiro atoms. The summed E-state index contributed by atoms with van der Waals surface area (Å²) in [5.41, 5.74) is 15.0. The Labute approximate surface area is 639 Å². The van der Waals surface area contributed by atoms with Crippen molar-refractivity contribution in [1.29, 1.82) is 0 Å². The number of aliphatic imine (C=N–C) groups is 1. The van der Waals surface area contributed by atoms with Crippen molar-refractivity contribution in [2.75, 3.05) is 32.9 Å². The average Bonchev–Trinajstić information content (AvgIpc) is 0.809. The molecule has 12 amide bonds. The molecule has 3 rings (SSSR count). The number of cyclic esters (lactones) is 1. The first kappa shape index (κ1) is 96.7. The Morgan fingerprint density at radius 3 is 1.62 bits per heavy atom. The van der Waals surface area contributed by atoms with Crippen LogP contribution in [0, 0.1) is 17.8 Å². The standard InChI is InChI=1S/C68H107N15O21.C2HF3O2/c1-14-36(6)46-60(95)81-47(37(7)85)59(94)73-29-45(86)79-49(52(88)54(69)89)62(97)76-42(30-84)64(99)104-53(39-24-19-16-20-25-39)50(63(98)82-48(51(87)35(4)5)61(96)75-41(28-34(2)3)56(91)74-40(55(90)80-46)26-21-27-72-65(70)71)83-58(93)43(32-102-67(8,9)10)77-57(92)44(33-103-68(11,12)13)78-66(100)101-31-38-22-17-15-18-23-38;3-2(4,5)1(6)7/h15-20,22-25,34-37,40-44,46-53,84-85,87-88H,14,21,26-33H2,1-13H3,(H2,69,89)(H,73,94)(H,74,91)(H,75,96)(H,76,97)(H,77,92)(H,78,100)(H,79,86)(H,80,90)(H,81,95)(H,82,98)(H,83,93)(H4,70,71,72);(H,6,7)/t36-,37-,40+,41-,42-,43-,44+,46?,47?,48-,49-,50-,51+,52-,53+;/m0./s1. The molecule has 2 aromatic rings. The molecule has 0 radical (unpaired) electrons. The van der Waals surface area contributed by atoms with Gasteiger partial charge in [-0.1, -0.05) is 109 Å². The van der Waals surface area contributed by atoms with E-state index in [9.17, 15) is 81.5 Å². The largest absolute Gasteiger partial charge is 0.490 e. The number of nitrogens with zero attached hydrogens (tertiary/aromatic N) is 1. The number of ether oxygens (including phenoxy) is 4. The van der Waals surface area contributed by atoms with Gasteiger partial charge >= 0.3 is 24.2 Å². The number of benzene rings is 2. The van der Waals surface area contributed by atoms with Gasteiger partial charge in [0.2, 0.25) is 65.0 Å². The number of esters is 1. The third kappa shape index (κ3) is 35.0. The van der Waals surface area contributed by atoms with Crippen LogP contribution in [0.3, 0.4) is 0 Å². The number of carboxylic acid groups (broad SMARTS) is 1. The molecule has 41 heteroatoms. The van der Waals surface area contributed by atoms with Gasteiger partial charge in [-0.05, 0) is 96.6 Å². The third-order valence-electron chi connectivity index (χ3n) is 16.1. The highest BCUT2D eigenvalue weighted by Gasteiger charge is 2.45. The maximum Gasteiger partial charge on any atom is 0.490 e. The van der Waals surface area contributed by atoms with Crippen LogP contribution in [0.25, 0.3) is 0 Å². The summed E-state index contributed by atoms with van der Waals surface area (Å²) in [5.74, 6) is -20.8. The highest BCUT2D eigenvalue weighted by atomic mass is 19.4. The summed E-state index contributed by atoms with van der Waals surface area (Å²) in [5, 5.41) is 77.9. The SMILES string of the molecule is CC[C@H](C)C1NC(=O)[C@@H](CCCN=C(N)N)NC(=O)[C@H](CC(C)C)NC(=O)[C@H]([C@H](O)C(C)C)NC(=O)[C@@H](NC(=O)[C@H](COC(C)(C)C)NC(=O)[C@@H](COC(C)(C)C)NC(=O)OCc2ccccc2)[C@@H](c2ccccc2)OC(=O)[C@H](CO)NC(=O)[C@H]([C@H](O)C(N)=O)NC(=O)CNC(=O)C([C@H](C)O)NC1=O.O=C(O)C(F)(F)F. The number of nitrogens with two attached hydrogens (primary N) is 3. The third-order valence-corrected chi connectivity index (χ3v) is 16.1. The molecule has 2 unspecified atom stereocenters. The number of carboxylic acids is 1. The van der Waals surface area contributed by atoms with E-state index < -0.39 is 229 Å². The first-order valence-electron chi connectivity index (χ1n) is 35.3. The Kier molecular flexibility index (Phi) is 39.8. The van der Waals surface area contributed by atoms with E-state index in [4.69, 9.17) is 46.0 Å². The van der Waals surface area contributed by atoms with Crippen molar-refractivity contribution in [2.24, 2.45) is 39.9 Å². The van der Waals surface area contributed by atoms with E-state index in [0.29, 0.717) is 5.56 Å².